The van der Waals surface area contributed by atoms with Crippen LogP contribution in [0.2, 0.25) is 5.02 Å². The summed E-state index contributed by atoms with van der Waals surface area (Å²) in [4.78, 5) is 4.20. The van der Waals surface area contributed by atoms with Crippen LogP contribution in [0.4, 0.5) is 0 Å². The number of halogens is 2. The third-order valence-electron chi connectivity index (χ3n) is 2.73. The first-order valence-corrected chi connectivity index (χ1v) is 8.20. The van der Waals surface area contributed by atoms with E-state index in [1.807, 2.05) is 18.2 Å². The van der Waals surface area contributed by atoms with Crippen LogP contribution in [-0.4, -0.2) is 13.0 Å². The molecule has 0 aliphatic carbocycles. The maximum atomic E-state index is 6.19. The standard InChI is InChI=1S/C14H15BrClN3S/c1-17-14(18-7-10-4-5-20-9-10)19-8-11-2-3-12(15)6-13(11)16/h2-6,9H,7-8H2,1H3,(H2,17,18,19). The average Bonchev–Trinajstić information content (AvgIpc) is 2.94. The lowest BCUT2D eigenvalue weighted by atomic mass is 10.2. The first-order valence-electron chi connectivity index (χ1n) is 6.08. The number of hydrogen-bond acceptors (Lipinski definition) is 2. The van der Waals surface area contributed by atoms with Gasteiger partial charge in [-0.3, -0.25) is 4.99 Å². The Morgan fingerprint density at radius 1 is 1.30 bits per heavy atom. The van der Waals surface area contributed by atoms with Crippen LogP contribution in [0.3, 0.4) is 0 Å². The van der Waals surface area contributed by atoms with E-state index in [4.69, 9.17) is 11.6 Å². The summed E-state index contributed by atoms with van der Waals surface area (Å²) in [6.45, 7) is 1.40. The van der Waals surface area contributed by atoms with Crippen molar-refractivity contribution in [1.82, 2.24) is 10.6 Å². The molecule has 2 N–H and O–H groups in total. The third kappa shape index (κ3) is 4.51. The molecule has 1 heterocycles. The van der Waals surface area contributed by atoms with Gasteiger partial charge in [-0.1, -0.05) is 33.6 Å². The lowest BCUT2D eigenvalue weighted by Gasteiger charge is -2.12. The number of rotatable bonds is 4. The van der Waals surface area contributed by atoms with Crippen molar-refractivity contribution in [2.24, 2.45) is 4.99 Å². The summed E-state index contributed by atoms with van der Waals surface area (Å²) in [5.41, 5.74) is 2.29. The van der Waals surface area contributed by atoms with E-state index >= 15 is 0 Å². The van der Waals surface area contributed by atoms with Crippen molar-refractivity contribution >= 4 is 44.8 Å². The molecule has 1 aromatic carbocycles. The summed E-state index contributed by atoms with van der Waals surface area (Å²) < 4.78 is 0.978. The summed E-state index contributed by atoms with van der Waals surface area (Å²) in [6, 6.07) is 7.95. The SMILES string of the molecule is CN=C(NCc1ccsc1)NCc1ccc(Br)cc1Cl. The van der Waals surface area contributed by atoms with Crippen molar-refractivity contribution < 1.29 is 0 Å². The molecule has 20 heavy (non-hydrogen) atoms. The Hall–Kier alpha value is -1.04. The second-order valence-corrected chi connectivity index (χ2v) is 6.25. The minimum Gasteiger partial charge on any atom is -0.352 e. The van der Waals surface area contributed by atoms with Crippen LogP contribution in [-0.2, 0) is 13.1 Å². The zero-order valence-electron chi connectivity index (χ0n) is 11.0. The maximum absolute atomic E-state index is 6.19. The molecular formula is C14H15BrClN3S. The molecule has 0 saturated heterocycles. The normalized spacial score (nSPS) is 11.4. The Bertz CT molecular complexity index is 584. The molecule has 0 saturated carbocycles. The fourth-order valence-electron chi connectivity index (χ4n) is 1.64. The molecular weight excluding hydrogens is 358 g/mol. The van der Waals surface area contributed by atoms with Gasteiger partial charge in [0.25, 0.3) is 0 Å². The van der Waals surface area contributed by atoms with Gasteiger partial charge in [-0.05, 0) is 40.1 Å². The van der Waals surface area contributed by atoms with Crippen molar-refractivity contribution in [3.05, 3.63) is 55.6 Å². The molecule has 0 bridgehead atoms. The Kier molecular flexibility index (Phi) is 5.88. The van der Waals surface area contributed by atoms with E-state index in [1.165, 1.54) is 5.56 Å². The predicted molar refractivity (Wildman–Crippen MR) is 90.5 cm³/mol. The van der Waals surface area contributed by atoms with Crippen LogP contribution in [0.5, 0.6) is 0 Å². The van der Waals surface area contributed by atoms with Gasteiger partial charge in [0.1, 0.15) is 0 Å². The highest BCUT2D eigenvalue weighted by Gasteiger charge is 2.03. The van der Waals surface area contributed by atoms with Crippen molar-refractivity contribution in [3.63, 3.8) is 0 Å². The molecule has 0 amide bonds. The van der Waals surface area contributed by atoms with Gasteiger partial charge < -0.3 is 10.6 Å². The van der Waals surface area contributed by atoms with Crippen molar-refractivity contribution in [2.75, 3.05) is 7.05 Å². The summed E-state index contributed by atoms with van der Waals surface area (Å²) in [5.74, 6) is 0.759. The zero-order chi connectivity index (χ0) is 14.4. The van der Waals surface area contributed by atoms with Crippen molar-refractivity contribution in [2.45, 2.75) is 13.1 Å². The largest absolute Gasteiger partial charge is 0.352 e. The fourth-order valence-corrected chi connectivity index (χ4v) is 3.05. The lowest BCUT2D eigenvalue weighted by Crippen LogP contribution is -2.36. The van der Waals surface area contributed by atoms with E-state index in [0.717, 1.165) is 27.6 Å². The maximum Gasteiger partial charge on any atom is 0.191 e. The molecule has 106 valence electrons. The Morgan fingerprint density at radius 2 is 2.10 bits per heavy atom. The topological polar surface area (TPSA) is 36.4 Å². The number of guanidine groups is 1. The summed E-state index contributed by atoms with van der Waals surface area (Å²) in [5, 5.41) is 11.4. The van der Waals surface area contributed by atoms with Crippen LogP contribution in [0.15, 0.2) is 44.5 Å². The average molecular weight is 373 g/mol. The number of nitrogens with one attached hydrogen (secondary N) is 2. The first-order chi connectivity index (χ1) is 9.69. The Balaban J connectivity index is 1.87. The van der Waals surface area contributed by atoms with E-state index in [2.05, 4.69) is 48.4 Å². The Labute approximate surface area is 136 Å². The van der Waals surface area contributed by atoms with Gasteiger partial charge in [-0.15, -0.1) is 0 Å². The predicted octanol–water partition coefficient (Wildman–Crippen LogP) is 4.03. The highest BCUT2D eigenvalue weighted by molar-refractivity contribution is 9.10. The molecule has 2 aromatic rings. The van der Waals surface area contributed by atoms with Crippen LogP contribution < -0.4 is 10.6 Å². The molecule has 0 spiro atoms. The molecule has 0 aliphatic rings. The molecule has 2 rings (SSSR count). The van der Waals surface area contributed by atoms with Gasteiger partial charge in [0, 0.05) is 29.6 Å². The van der Waals surface area contributed by atoms with E-state index in [0.29, 0.717) is 6.54 Å². The number of nitrogens with zero attached hydrogens (tertiary/aromatic N) is 1. The molecule has 0 aliphatic heterocycles. The van der Waals surface area contributed by atoms with Gasteiger partial charge in [0.2, 0.25) is 0 Å². The molecule has 0 fully saturated rings. The molecule has 0 unspecified atom stereocenters. The molecule has 6 heteroatoms. The number of hydrogen-bond donors (Lipinski definition) is 2. The van der Waals surface area contributed by atoms with Crippen molar-refractivity contribution in [1.29, 1.82) is 0 Å². The van der Waals surface area contributed by atoms with Gasteiger partial charge in [-0.25, -0.2) is 0 Å². The quantitative estimate of drug-likeness (QED) is 0.628. The summed E-state index contributed by atoms with van der Waals surface area (Å²) in [6.07, 6.45) is 0. The highest BCUT2D eigenvalue weighted by Crippen LogP contribution is 2.21. The fraction of sp³-hybridized carbons (Fsp3) is 0.214. The summed E-state index contributed by atoms with van der Waals surface area (Å²) in [7, 11) is 1.76. The van der Waals surface area contributed by atoms with Gasteiger partial charge >= 0.3 is 0 Å². The van der Waals surface area contributed by atoms with Crippen molar-refractivity contribution in [3.8, 4) is 0 Å². The van der Waals surface area contributed by atoms with Crippen LogP contribution in [0, 0.1) is 0 Å². The zero-order valence-corrected chi connectivity index (χ0v) is 14.1. The van der Waals surface area contributed by atoms with Gasteiger partial charge in [-0.2, -0.15) is 11.3 Å². The van der Waals surface area contributed by atoms with Crippen LogP contribution in [0.1, 0.15) is 11.1 Å². The molecule has 1 aromatic heterocycles. The molecule has 3 nitrogen and oxygen atoms in total. The second-order valence-electron chi connectivity index (χ2n) is 4.15. The lowest BCUT2D eigenvalue weighted by molar-refractivity contribution is 0.810. The molecule has 0 atom stereocenters. The van der Waals surface area contributed by atoms with E-state index in [1.54, 1.807) is 18.4 Å². The smallest absolute Gasteiger partial charge is 0.191 e. The Morgan fingerprint density at radius 3 is 2.75 bits per heavy atom. The number of aliphatic imine (C=N–C) groups is 1. The first kappa shape index (κ1) is 15.4. The van der Waals surface area contributed by atoms with E-state index in [9.17, 15) is 0 Å². The highest BCUT2D eigenvalue weighted by atomic mass is 79.9. The van der Waals surface area contributed by atoms with Gasteiger partial charge in [0.15, 0.2) is 5.96 Å². The number of thiophene rings is 1. The minimum atomic E-state index is 0.634. The molecule has 0 radical (unpaired) electrons. The van der Waals surface area contributed by atoms with E-state index < -0.39 is 0 Å². The van der Waals surface area contributed by atoms with Crippen LogP contribution in [0.25, 0.3) is 0 Å². The monoisotopic (exact) mass is 371 g/mol. The third-order valence-corrected chi connectivity index (χ3v) is 4.30. The number of benzene rings is 1. The minimum absolute atomic E-state index is 0.634. The van der Waals surface area contributed by atoms with E-state index in [-0.39, 0.29) is 0 Å². The van der Waals surface area contributed by atoms with Gasteiger partial charge in [0.05, 0.1) is 0 Å². The van der Waals surface area contributed by atoms with Crippen LogP contribution >= 0.6 is 38.9 Å². The second kappa shape index (κ2) is 7.67. The summed E-state index contributed by atoms with van der Waals surface area (Å²) >= 11 is 11.3.